The normalized spacial score (nSPS) is 14.5. The summed E-state index contributed by atoms with van der Waals surface area (Å²) in [7, 11) is 0. The van der Waals surface area contributed by atoms with E-state index in [1.54, 1.807) is 10.9 Å². The molecule has 1 aliphatic heterocycles. The van der Waals surface area contributed by atoms with Crippen molar-refractivity contribution in [1.29, 1.82) is 0 Å². The second-order valence-electron chi connectivity index (χ2n) is 2.93. The fourth-order valence-electron chi connectivity index (χ4n) is 1.52. The summed E-state index contributed by atoms with van der Waals surface area (Å²) in [4.78, 5) is 11.3. The highest BCUT2D eigenvalue weighted by Gasteiger charge is 2.19. The smallest absolute Gasteiger partial charge is 0.181 e. The van der Waals surface area contributed by atoms with Crippen molar-refractivity contribution in [2.24, 2.45) is 0 Å². The number of fused-ring (bicyclic) bond motifs is 1. The average Bonchev–Trinajstić information content (AvgIpc) is 2.53. The number of rotatable bonds is 0. The largest absolute Gasteiger partial charge is 0.292 e. The Bertz CT molecular complexity index is 302. The van der Waals surface area contributed by atoms with Gasteiger partial charge in [-0.1, -0.05) is 13.8 Å². The number of nitrogens with zero attached hydrogens (tertiary/aromatic N) is 2. The van der Waals surface area contributed by atoms with Crippen LogP contribution >= 0.6 is 0 Å². The van der Waals surface area contributed by atoms with E-state index in [1.807, 2.05) is 20.8 Å². The van der Waals surface area contributed by atoms with E-state index in [9.17, 15) is 4.79 Å². The van der Waals surface area contributed by atoms with Gasteiger partial charge in [-0.3, -0.25) is 9.48 Å². The van der Waals surface area contributed by atoms with Gasteiger partial charge in [-0.15, -0.1) is 0 Å². The number of aromatic nitrogens is 2. The zero-order valence-electron chi connectivity index (χ0n) is 8.50. The lowest BCUT2D eigenvalue weighted by molar-refractivity contribution is 0.0951. The van der Waals surface area contributed by atoms with Gasteiger partial charge >= 0.3 is 0 Å². The minimum atomic E-state index is 0.242. The third-order valence-electron chi connectivity index (χ3n) is 2.06. The predicted molar refractivity (Wildman–Crippen MR) is 51.9 cm³/mol. The van der Waals surface area contributed by atoms with Gasteiger partial charge in [-0.25, -0.2) is 0 Å². The molecule has 0 saturated carbocycles. The molecule has 0 unspecified atom stereocenters. The van der Waals surface area contributed by atoms with Crippen LogP contribution in [0.2, 0.25) is 0 Å². The molecular weight excluding hydrogens is 164 g/mol. The first-order valence-corrected chi connectivity index (χ1v) is 4.84. The summed E-state index contributed by atoms with van der Waals surface area (Å²) in [5, 5.41) is 4.10. The van der Waals surface area contributed by atoms with Crippen molar-refractivity contribution in [3.8, 4) is 0 Å². The van der Waals surface area contributed by atoms with Crippen LogP contribution in [0, 0.1) is 6.92 Å². The van der Waals surface area contributed by atoms with Crippen LogP contribution in [0.4, 0.5) is 0 Å². The molecule has 0 N–H and O–H groups in total. The van der Waals surface area contributed by atoms with Gasteiger partial charge in [0.1, 0.15) is 5.69 Å². The topological polar surface area (TPSA) is 34.9 Å². The molecular formula is C10H16N2O. The van der Waals surface area contributed by atoms with Crippen molar-refractivity contribution in [3.63, 3.8) is 0 Å². The van der Waals surface area contributed by atoms with E-state index in [0.29, 0.717) is 6.42 Å². The van der Waals surface area contributed by atoms with Gasteiger partial charge in [0.05, 0.1) is 6.20 Å². The molecule has 13 heavy (non-hydrogen) atoms. The van der Waals surface area contributed by atoms with Gasteiger partial charge in [0.15, 0.2) is 5.78 Å². The summed E-state index contributed by atoms with van der Waals surface area (Å²) in [6.45, 7) is 6.83. The van der Waals surface area contributed by atoms with E-state index in [2.05, 4.69) is 5.10 Å². The number of ketones is 1. The molecule has 0 amide bonds. The number of hydrogen-bond acceptors (Lipinski definition) is 2. The zero-order valence-corrected chi connectivity index (χ0v) is 8.50. The summed E-state index contributed by atoms with van der Waals surface area (Å²) >= 11 is 0. The van der Waals surface area contributed by atoms with E-state index in [0.717, 1.165) is 24.2 Å². The number of carbonyl (C=O) groups excluding carboxylic acids is 1. The fourth-order valence-corrected chi connectivity index (χ4v) is 1.52. The molecule has 0 fully saturated rings. The van der Waals surface area contributed by atoms with E-state index in [4.69, 9.17) is 0 Å². The summed E-state index contributed by atoms with van der Waals surface area (Å²) < 4.78 is 1.81. The van der Waals surface area contributed by atoms with Crippen LogP contribution in [0.5, 0.6) is 0 Å². The molecule has 0 spiro atoms. The van der Waals surface area contributed by atoms with Crippen LogP contribution < -0.4 is 0 Å². The van der Waals surface area contributed by atoms with Gasteiger partial charge in [0.25, 0.3) is 0 Å². The average molecular weight is 180 g/mol. The first-order valence-electron chi connectivity index (χ1n) is 4.84. The van der Waals surface area contributed by atoms with E-state index < -0.39 is 0 Å². The summed E-state index contributed by atoms with van der Waals surface area (Å²) in [5.74, 6) is 0.242. The standard InChI is InChI=1S/C8H10N2O.C2H6/c1-6-5-9-10-4-2-3-7(11)8(6)10;1-2/h5H,2-4H2,1H3;1-2H3. The fraction of sp³-hybridized carbons (Fsp3) is 0.600. The van der Waals surface area contributed by atoms with Gasteiger partial charge in [0, 0.05) is 13.0 Å². The van der Waals surface area contributed by atoms with Crippen LogP contribution in [-0.2, 0) is 6.54 Å². The van der Waals surface area contributed by atoms with Crippen LogP contribution in [0.25, 0.3) is 0 Å². The quantitative estimate of drug-likeness (QED) is 0.613. The molecule has 0 bridgehead atoms. The van der Waals surface area contributed by atoms with E-state index in [1.165, 1.54) is 0 Å². The lowest BCUT2D eigenvalue weighted by atomic mass is 10.1. The van der Waals surface area contributed by atoms with Gasteiger partial charge < -0.3 is 0 Å². The minimum absolute atomic E-state index is 0.242. The maximum atomic E-state index is 11.3. The molecule has 1 aromatic heterocycles. The molecule has 0 radical (unpaired) electrons. The summed E-state index contributed by atoms with van der Waals surface area (Å²) in [6, 6.07) is 0. The van der Waals surface area contributed by atoms with Crippen molar-refractivity contribution >= 4 is 5.78 Å². The van der Waals surface area contributed by atoms with E-state index in [-0.39, 0.29) is 5.78 Å². The van der Waals surface area contributed by atoms with Crippen LogP contribution in [-0.4, -0.2) is 15.6 Å². The van der Waals surface area contributed by atoms with Gasteiger partial charge in [-0.2, -0.15) is 5.10 Å². The maximum absolute atomic E-state index is 11.3. The molecule has 0 atom stereocenters. The Kier molecular flexibility index (Phi) is 3.23. The van der Waals surface area contributed by atoms with E-state index >= 15 is 0 Å². The lowest BCUT2D eigenvalue weighted by Gasteiger charge is -2.12. The Morgan fingerprint density at radius 1 is 1.46 bits per heavy atom. The Morgan fingerprint density at radius 3 is 2.77 bits per heavy atom. The Balaban J connectivity index is 0.000000396. The number of Topliss-reactive ketones (excluding diaryl/α,β-unsaturated/α-hetero) is 1. The molecule has 0 saturated heterocycles. The van der Waals surface area contributed by atoms with Crippen molar-refractivity contribution in [2.45, 2.75) is 40.2 Å². The van der Waals surface area contributed by atoms with Crippen molar-refractivity contribution < 1.29 is 4.79 Å². The third kappa shape index (κ3) is 1.79. The molecule has 2 rings (SSSR count). The molecule has 3 nitrogen and oxygen atoms in total. The highest BCUT2D eigenvalue weighted by molar-refractivity contribution is 5.96. The van der Waals surface area contributed by atoms with Gasteiger partial charge in [0.2, 0.25) is 0 Å². The molecule has 0 aliphatic carbocycles. The number of carbonyl (C=O) groups is 1. The van der Waals surface area contributed by atoms with Crippen LogP contribution in [0.15, 0.2) is 6.20 Å². The number of aryl methyl sites for hydroxylation is 2. The lowest BCUT2D eigenvalue weighted by Crippen LogP contribution is -2.17. The van der Waals surface area contributed by atoms with Crippen LogP contribution in [0.3, 0.4) is 0 Å². The monoisotopic (exact) mass is 180 g/mol. The molecule has 0 aromatic carbocycles. The van der Waals surface area contributed by atoms with Gasteiger partial charge in [-0.05, 0) is 18.9 Å². The Hall–Kier alpha value is -1.12. The van der Waals surface area contributed by atoms with Crippen molar-refractivity contribution in [2.75, 3.05) is 0 Å². The Morgan fingerprint density at radius 2 is 2.15 bits per heavy atom. The van der Waals surface area contributed by atoms with Crippen molar-refractivity contribution in [1.82, 2.24) is 9.78 Å². The second kappa shape index (κ2) is 4.21. The first-order chi connectivity index (χ1) is 6.29. The summed E-state index contributed by atoms with van der Waals surface area (Å²) in [6.07, 6.45) is 3.39. The summed E-state index contributed by atoms with van der Waals surface area (Å²) in [5.41, 5.74) is 1.82. The Labute approximate surface area is 78.8 Å². The molecule has 3 heteroatoms. The molecule has 1 aliphatic rings. The minimum Gasteiger partial charge on any atom is -0.292 e. The SMILES string of the molecule is CC.Cc1cnn2c1C(=O)CCC2. The second-order valence-corrected chi connectivity index (χ2v) is 2.93. The predicted octanol–water partition coefficient (Wildman–Crippen LogP) is 2.19. The number of hydrogen-bond donors (Lipinski definition) is 0. The molecule has 2 heterocycles. The highest BCUT2D eigenvalue weighted by Crippen LogP contribution is 2.16. The van der Waals surface area contributed by atoms with Crippen LogP contribution in [0.1, 0.15) is 42.7 Å². The molecule has 1 aromatic rings. The molecule has 72 valence electrons. The zero-order chi connectivity index (χ0) is 9.84. The third-order valence-corrected chi connectivity index (χ3v) is 2.06. The maximum Gasteiger partial charge on any atom is 0.181 e. The van der Waals surface area contributed by atoms with Crippen molar-refractivity contribution in [3.05, 3.63) is 17.5 Å². The highest BCUT2D eigenvalue weighted by atomic mass is 16.1. The first kappa shape index (κ1) is 9.96.